The van der Waals surface area contributed by atoms with E-state index in [1.54, 1.807) is 0 Å². The second-order valence-corrected chi connectivity index (χ2v) is 5.78. The molecule has 1 amide bonds. The first-order valence-electron chi connectivity index (χ1n) is 7.35. The highest BCUT2D eigenvalue weighted by Crippen LogP contribution is 2.28. The van der Waals surface area contributed by atoms with Crippen molar-refractivity contribution in [1.29, 1.82) is 0 Å². The van der Waals surface area contributed by atoms with Crippen molar-refractivity contribution < 1.29 is 9.53 Å². The van der Waals surface area contributed by atoms with Gasteiger partial charge in [-0.2, -0.15) is 0 Å². The third-order valence-corrected chi connectivity index (χ3v) is 4.03. The summed E-state index contributed by atoms with van der Waals surface area (Å²) in [4.78, 5) is 11.7. The van der Waals surface area contributed by atoms with Gasteiger partial charge in [0, 0.05) is 25.6 Å². The third-order valence-electron chi connectivity index (χ3n) is 4.03. The first kappa shape index (κ1) is 13.8. The Balaban J connectivity index is 1.50. The first-order chi connectivity index (χ1) is 8.75. The highest BCUT2D eigenvalue weighted by atomic mass is 16.5. The predicted octanol–water partition coefficient (Wildman–Crippen LogP) is 1.44. The molecule has 2 aliphatic rings. The average molecular weight is 254 g/mol. The van der Waals surface area contributed by atoms with E-state index in [0.717, 1.165) is 25.4 Å². The van der Waals surface area contributed by atoms with Crippen LogP contribution in [-0.2, 0) is 9.53 Å². The molecule has 4 heteroatoms. The smallest absolute Gasteiger partial charge is 0.220 e. The predicted molar refractivity (Wildman–Crippen MR) is 71.1 cm³/mol. The maximum Gasteiger partial charge on any atom is 0.220 e. The van der Waals surface area contributed by atoms with Crippen LogP contribution in [0.5, 0.6) is 0 Å². The lowest BCUT2D eigenvalue weighted by molar-refractivity contribution is -0.122. The largest absolute Gasteiger partial charge is 0.379 e. The van der Waals surface area contributed by atoms with Gasteiger partial charge in [0.1, 0.15) is 0 Å². The number of amides is 1. The van der Waals surface area contributed by atoms with Crippen LogP contribution in [0, 0.1) is 11.8 Å². The van der Waals surface area contributed by atoms with E-state index < -0.39 is 0 Å². The minimum absolute atomic E-state index is 0.132. The lowest BCUT2D eigenvalue weighted by Gasteiger charge is -2.27. The van der Waals surface area contributed by atoms with E-state index in [0.29, 0.717) is 25.5 Å². The van der Waals surface area contributed by atoms with Crippen molar-refractivity contribution in [2.24, 2.45) is 17.6 Å². The molecule has 0 aromatic rings. The van der Waals surface area contributed by atoms with Crippen molar-refractivity contribution >= 4 is 5.91 Å². The van der Waals surface area contributed by atoms with E-state index in [4.69, 9.17) is 10.5 Å². The Bertz CT molecular complexity index is 267. The number of rotatable bonds is 7. The number of carbonyl (C=O) groups excluding carboxylic acids is 1. The lowest BCUT2D eigenvalue weighted by atomic mass is 9.83. The molecule has 2 aliphatic carbocycles. The lowest BCUT2D eigenvalue weighted by Crippen LogP contribution is -2.37. The zero-order chi connectivity index (χ0) is 12.8. The molecule has 0 aromatic carbocycles. The first-order valence-corrected chi connectivity index (χ1v) is 7.35. The van der Waals surface area contributed by atoms with Crippen LogP contribution in [0.2, 0.25) is 0 Å². The number of hydrogen-bond acceptors (Lipinski definition) is 3. The Hall–Kier alpha value is -0.610. The van der Waals surface area contributed by atoms with Crippen molar-refractivity contribution in [3.8, 4) is 0 Å². The molecule has 0 aromatic heterocycles. The van der Waals surface area contributed by atoms with Gasteiger partial charge in [0.05, 0.1) is 6.61 Å². The summed E-state index contributed by atoms with van der Waals surface area (Å²) in [6.45, 7) is 2.13. The van der Waals surface area contributed by atoms with Gasteiger partial charge >= 0.3 is 0 Å². The SMILES string of the molecule is NC1CCCCC1CC(=O)NCCOCC1CC1. The highest BCUT2D eigenvalue weighted by Gasteiger charge is 2.24. The molecule has 0 radical (unpaired) electrons. The number of carbonyl (C=O) groups is 1. The van der Waals surface area contributed by atoms with E-state index in [9.17, 15) is 4.79 Å². The van der Waals surface area contributed by atoms with Crippen molar-refractivity contribution in [3.05, 3.63) is 0 Å². The quantitative estimate of drug-likeness (QED) is 0.676. The zero-order valence-electron chi connectivity index (χ0n) is 11.2. The maximum absolute atomic E-state index is 11.7. The van der Waals surface area contributed by atoms with Gasteiger partial charge in [0.25, 0.3) is 0 Å². The van der Waals surface area contributed by atoms with Crippen LogP contribution in [0.15, 0.2) is 0 Å². The van der Waals surface area contributed by atoms with Crippen LogP contribution in [0.4, 0.5) is 0 Å². The summed E-state index contributed by atoms with van der Waals surface area (Å²) in [6, 6.07) is 0.218. The fourth-order valence-corrected chi connectivity index (χ4v) is 2.60. The van der Waals surface area contributed by atoms with Gasteiger partial charge in [0.15, 0.2) is 0 Å². The van der Waals surface area contributed by atoms with E-state index in [2.05, 4.69) is 5.32 Å². The minimum Gasteiger partial charge on any atom is -0.379 e. The zero-order valence-corrected chi connectivity index (χ0v) is 11.2. The molecule has 3 N–H and O–H groups in total. The summed E-state index contributed by atoms with van der Waals surface area (Å²) >= 11 is 0. The molecule has 104 valence electrons. The fourth-order valence-electron chi connectivity index (χ4n) is 2.60. The van der Waals surface area contributed by atoms with Crippen molar-refractivity contribution in [3.63, 3.8) is 0 Å². The monoisotopic (exact) mass is 254 g/mol. The Morgan fingerprint density at radius 2 is 2.00 bits per heavy atom. The molecular weight excluding hydrogens is 228 g/mol. The molecule has 2 atom stereocenters. The van der Waals surface area contributed by atoms with Crippen molar-refractivity contribution in [2.75, 3.05) is 19.8 Å². The van der Waals surface area contributed by atoms with E-state index in [1.165, 1.54) is 25.7 Å². The number of nitrogens with two attached hydrogens (primary N) is 1. The summed E-state index contributed by atoms with van der Waals surface area (Å²) in [5.74, 6) is 1.31. The Kier molecular flexibility index (Phi) is 5.45. The molecule has 18 heavy (non-hydrogen) atoms. The molecule has 0 saturated heterocycles. The van der Waals surface area contributed by atoms with E-state index >= 15 is 0 Å². The summed E-state index contributed by atoms with van der Waals surface area (Å²) in [7, 11) is 0. The van der Waals surface area contributed by atoms with Crippen LogP contribution in [0.1, 0.15) is 44.9 Å². The van der Waals surface area contributed by atoms with Crippen molar-refractivity contribution in [2.45, 2.75) is 51.0 Å². The number of nitrogens with one attached hydrogen (secondary N) is 1. The maximum atomic E-state index is 11.7. The molecular formula is C14H26N2O2. The minimum atomic E-state index is 0.132. The topological polar surface area (TPSA) is 64.4 Å². The number of ether oxygens (including phenoxy) is 1. The van der Waals surface area contributed by atoms with Crippen LogP contribution in [0.3, 0.4) is 0 Å². The van der Waals surface area contributed by atoms with Crippen molar-refractivity contribution in [1.82, 2.24) is 5.32 Å². The van der Waals surface area contributed by atoms with E-state index in [1.807, 2.05) is 0 Å². The summed E-state index contributed by atoms with van der Waals surface area (Å²) in [6.07, 6.45) is 7.82. The van der Waals surface area contributed by atoms with Gasteiger partial charge in [0.2, 0.25) is 5.91 Å². The van der Waals surface area contributed by atoms with Gasteiger partial charge in [-0.15, -0.1) is 0 Å². The van der Waals surface area contributed by atoms with Gasteiger partial charge in [-0.25, -0.2) is 0 Å². The van der Waals surface area contributed by atoms with Gasteiger partial charge in [-0.05, 0) is 37.5 Å². The molecule has 0 aliphatic heterocycles. The van der Waals surface area contributed by atoms with E-state index in [-0.39, 0.29) is 11.9 Å². The molecule has 2 fully saturated rings. The summed E-state index contributed by atoms with van der Waals surface area (Å²) < 4.78 is 5.48. The molecule has 4 nitrogen and oxygen atoms in total. The van der Waals surface area contributed by atoms with Crippen LogP contribution in [-0.4, -0.2) is 31.7 Å². The normalized spacial score (nSPS) is 28.1. The molecule has 2 unspecified atom stereocenters. The molecule has 0 heterocycles. The second kappa shape index (κ2) is 7.10. The molecule has 2 rings (SSSR count). The number of hydrogen-bond donors (Lipinski definition) is 2. The van der Waals surface area contributed by atoms with Crippen LogP contribution >= 0.6 is 0 Å². The Labute approximate surface area is 110 Å². The fraction of sp³-hybridized carbons (Fsp3) is 0.929. The highest BCUT2D eigenvalue weighted by molar-refractivity contribution is 5.76. The standard InChI is InChI=1S/C14H26N2O2/c15-13-4-2-1-3-12(13)9-14(17)16-7-8-18-10-11-5-6-11/h11-13H,1-10,15H2,(H,16,17). The van der Waals surface area contributed by atoms with Crippen LogP contribution in [0.25, 0.3) is 0 Å². The molecule has 2 saturated carbocycles. The molecule has 0 spiro atoms. The van der Waals surface area contributed by atoms with Gasteiger partial charge in [-0.3, -0.25) is 4.79 Å². The Morgan fingerprint density at radius 3 is 2.72 bits per heavy atom. The summed E-state index contributed by atoms with van der Waals surface area (Å²) in [5, 5.41) is 2.93. The Morgan fingerprint density at radius 1 is 1.22 bits per heavy atom. The third kappa shape index (κ3) is 4.94. The summed E-state index contributed by atoms with van der Waals surface area (Å²) in [5.41, 5.74) is 6.04. The average Bonchev–Trinajstić information content (AvgIpc) is 3.16. The van der Waals surface area contributed by atoms with Crippen LogP contribution < -0.4 is 11.1 Å². The van der Waals surface area contributed by atoms with Gasteiger partial charge in [-0.1, -0.05) is 12.8 Å². The van der Waals surface area contributed by atoms with Gasteiger partial charge < -0.3 is 15.8 Å². The second-order valence-electron chi connectivity index (χ2n) is 5.78. The molecule has 0 bridgehead atoms.